The van der Waals surface area contributed by atoms with Gasteiger partial charge in [-0.1, -0.05) is 68.8 Å². The zero-order valence-corrected chi connectivity index (χ0v) is 14.8. The second kappa shape index (κ2) is 7.48. The van der Waals surface area contributed by atoms with Crippen LogP contribution in [0.15, 0.2) is 48.5 Å². The summed E-state index contributed by atoms with van der Waals surface area (Å²) in [6.45, 7) is 6.69. The summed E-state index contributed by atoms with van der Waals surface area (Å²) in [6, 6.07) is 15.4. The number of nitrogens with two attached hydrogens (primary N) is 1. The van der Waals surface area contributed by atoms with Crippen LogP contribution in [0.4, 0.5) is 0 Å². The Labute approximate surface area is 144 Å². The summed E-state index contributed by atoms with van der Waals surface area (Å²) in [5.41, 5.74) is 9.59. The molecule has 2 aromatic rings. The van der Waals surface area contributed by atoms with Crippen LogP contribution < -0.4 is 5.73 Å². The van der Waals surface area contributed by atoms with Crippen molar-refractivity contribution in [2.45, 2.75) is 51.2 Å². The molecule has 2 nitrogen and oxygen atoms in total. The van der Waals surface area contributed by atoms with E-state index in [-0.39, 0.29) is 11.5 Å². The van der Waals surface area contributed by atoms with Gasteiger partial charge in [0.2, 0.25) is 0 Å². The monoisotopic (exact) mass is 331 g/mol. The summed E-state index contributed by atoms with van der Waals surface area (Å²) < 4.78 is 0. The molecular weight excluding hydrogens is 306 g/mol. The Balaban J connectivity index is 2.06. The number of aliphatic hydroxyl groups excluding tert-OH is 1. The molecule has 0 saturated heterocycles. The first-order chi connectivity index (χ1) is 10.8. The van der Waals surface area contributed by atoms with Crippen LogP contribution in [0.1, 0.15) is 50.0 Å². The van der Waals surface area contributed by atoms with Gasteiger partial charge in [0.15, 0.2) is 0 Å². The minimum atomic E-state index is -0.722. The molecule has 0 radical (unpaired) electrons. The molecule has 124 valence electrons. The van der Waals surface area contributed by atoms with E-state index in [0.717, 1.165) is 17.5 Å². The summed E-state index contributed by atoms with van der Waals surface area (Å²) in [5, 5.41) is 11.0. The molecule has 0 heterocycles. The molecular formula is C20H26ClNO. The lowest BCUT2D eigenvalue weighted by atomic mass is 9.82. The number of hydrogen-bond acceptors (Lipinski definition) is 2. The molecule has 0 bridgehead atoms. The van der Waals surface area contributed by atoms with E-state index in [2.05, 4.69) is 45.0 Å². The summed E-state index contributed by atoms with van der Waals surface area (Å²) in [6.07, 6.45) is 1.00. The van der Waals surface area contributed by atoms with Gasteiger partial charge in [0.05, 0.1) is 6.10 Å². The minimum absolute atomic E-state index is 0.181. The van der Waals surface area contributed by atoms with Gasteiger partial charge >= 0.3 is 0 Å². The van der Waals surface area contributed by atoms with E-state index in [1.807, 2.05) is 12.1 Å². The fourth-order valence-electron chi connectivity index (χ4n) is 2.62. The summed E-state index contributed by atoms with van der Waals surface area (Å²) in [4.78, 5) is 0. The molecule has 0 spiro atoms. The maximum atomic E-state index is 10.4. The van der Waals surface area contributed by atoms with E-state index in [9.17, 15) is 5.11 Å². The van der Waals surface area contributed by atoms with Crippen LogP contribution in [0.25, 0.3) is 0 Å². The maximum Gasteiger partial charge on any atom is 0.0944 e. The Hall–Kier alpha value is -1.35. The molecule has 0 aliphatic carbocycles. The van der Waals surface area contributed by atoms with Gasteiger partial charge in [-0.3, -0.25) is 0 Å². The summed E-state index contributed by atoms with van der Waals surface area (Å²) in [5.74, 6) is 0. The maximum absolute atomic E-state index is 10.4. The first-order valence-electron chi connectivity index (χ1n) is 8.12. The SMILES string of the molecule is CCC(C)(C)c1ccc(CC(N)C(O)c2cccc(Cl)c2)cc1. The molecule has 3 heteroatoms. The molecule has 23 heavy (non-hydrogen) atoms. The highest BCUT2D eigenvalue weighted by Crippen LogP contribution is 2.27. The van der Waals surface area contributed by atoms with Crippen molar-refractivity contribution < 1.29 is 5.11 Å². The normalized spacial score (nSPS) is 14.5. The molecule has 0 saturated carbocycles. The fourth-order valence-corrected chi connectivity index (χ4v) is 2.82. The highest BCUT2D eigenvalue weighted by atomic mass is 35.5. The molecule has 2 unspecified atom stereocenters. The van der Waals surface area contributed by atoms with E-state index < -0.39 is 6.10 Å². The van der Waals surface area contributed by atoms with Crippen LogP contribution in [0.5, 0.6) is 0 Å². The molecule has 2 aromatic carbocycles. The zero-order valence-electron chi connectivity index (χ0n) is 14.1. The van der Waals surface area contributed by atoms with Gasteiger partial charge in [0, 0.05) is 11.1 Å². The number of aliphatic hydroxyl groups is 1. The van der Waals surface area contributed by atoms with Crippen molar-refractivity contribution in [3.63, 3.8) is 0 Å². The van der Waals surface area contributed by atoms with Crippen LogP contribution in [0, 0.1) is 0 Å². The quantitative estimate of drug-likeness (QED) is 0.810. The van der Waals surface area contributed by atoms with Gasteiger partial charge < -0.3 is 10.8 Å². The van der Waals surface area contributed by atoms with Crippen molar-refractivity contribution in [3.8, 4) is 0 Å². The highest BCUT2D eigenvalue weighted by Gasteiger charge is 2.20. The standard InChI is InChI=1S/C20H26ClNO/c1-4-20(2,3)16-10-8-14(9-11-16)12-18(22)19(23)15-6-5-7-17(21)13-15/h5-11,13,18-19,23H,4,12,22H2,1-3H3. The zero-order chi connectivity index (χ0) is 17.0. The molecule has 3 N–H and O–H groups in total. The molecule has 0 fully saturated rings. The Bertz CT molecular complexity index is 636. The third-order valence-electron chi connectivity index (χ3n) is 4.69. The number of benzene rings is 2. The third kappa shape index (κ3) is 4.57. The first-order valence-corrected chi connectivity index (χ1v) is 8.50. The van der Waals surface area contributed by atoms with E-state index in [1.165, 1.54) is 5.56 Å². The van der Waals surface area contributed by atoms with Crippen molar-refractivity contribution in [1.29, 1.82) is 0 Å². The predicted octanol–water partition coefficient (Wildman–Crippen LogP) is 4.63. The van der Waals surface area contributed by atoms with Crippen LogP contribution in [0.2, 0.25) is 5.02 Å². The van der Waals surface area contributed by atoms with Gasteiger partial charge in [-0.25, -0.2) is 0 Å². The van der Waals surface area contributed by atoms with Gasteiger partial charge in [0.1, 0.15) is 0 Å². The predicted molar refractivity (Wildman–Crippen MR) is 97.9 cm³/mol. The second-order valence-corrected chi connectivity index (χ2v) is 7.24. The van der Waals surface area contributed by atoms with Crippen LogP contribution >= 0.6 is 11.6 Å². The summed E-state index contributed by atoms with van der Waals surface area (Å²) >= 11 is 5.98. The second-order valence-electron chi connectivity index (χ2n) is 6.80. The van der Waals surface area contributed by atoms with Gasteiger partial charge in [-0.05, 0) is 47.1 Å². The van der Waals surface area contributed by atoms with Crippen molar-refractivity contribution in [3.05, 3.63) is 70.2 Å². The molecule has 0 amide bonds. The van der Waals surface area contributed by atoms with Gasteiger partial charge in [-0.2, -0.15) is 0 Å². The molecule has 0 aromatic heterocycles. The smallest absolute Gasteiger partial charge is 0.0944 e. The number of hydrogen-bond donors (Lipinski definition) is 2. The van der Waals surface area contributed by atoms with Crippen LogP contribution in [-0.4, -0.2) is 11.1 Å². The molecule has 0 aliphatic heterocycles. The van der Waals surface area contributed by atoms with Crippen LogP contribution in [-0.2, 0) is 11.8 Å². The lowest BCUT2D eigenvalue weighted by molar-refractivity contribution is 0.146. The minimum Gasteiger partial charge on any atom is -0.387 e. The van der Waals surface area contributed by atoms with Gasteiger partial charge in [-0.15, -0.1) is 0 Å². The first kappa shape index (κ1) is 18.0. The van der Waals surface area contributed by atoms with Crippen molar-refractivity contribution in [2.24, 2.45) is 5.73 Å². The van der Waals surface area contributed by atoms with E-state index >= 15 is 0 Å². The van der Waals surface area contributed by atoms with Crippen LogP contribution in [0.3, 0.4) is 0 Å². The Morgan fingerprint density at radius 3 is 2.35 bits per heavy atom. The number of rotatable bonds is 6. The molecule has 2 rings (SSSR count). The lowest BCUT2D eigenvalue weighted by Gasteiger charge is -2.24. The van der Waals surface area contributed by atoms with Gasteiger partial charge in [0.25, 0.3) is 0 Å². The van der Waals surface area contributed by atoms with Crippen molar-refractivity contribution >= 4 is 11.6 Å². The number of halogens is 1. The molecule has 2 atom stereocenters. The lowest BCUT2D eigenvalue weighted by Crippen LogP contribution is -2.30. The summed E-state index contributed by atoms with van der Waals surface area (Å²) in [7, 11) is 0. The largest absolute Gasteiger partial charge is 0.387 e. The third-order valence-corrected chi connectivity index (χ3v) is 4.92. The Morgan fingerprint density at radius 2 is 1.78 bits per heavy atom. The fraction of sp³-hybridized carbons (Fsp3) is 0.400. The topological polar surface area (TPSA) is 46.2 Å². The average Bonchev–Trinajstić information content (AvgIpc) is 2.54. The average molecular weight is 332 g/mol. The van der Waals surface area contributed by atoms with E-state index in [1.54, 1.807) is 12.1 Å². The van der Waals surface area contributed by atoms with E-state index in [0.29, 0.717) is 11.4 Å². The Morgan fingerprint density at radius 1 is 1.13 bits per heavy atom. The van der Waals surface area contributed by atoms with E-state index in [4.69, 9.17) is 17.3 Å². The highest BCUT2D eigenvalue weighted by molar-refractivity contribution is 6.30. The van der Waals surface area contributed by atoms with Crippen molar-refractivity contribution in [2.75, 3.05) is 0 Å². The van der Waals surface area contributed by atoms with Crippen molar-refractivity contribution in [1.82, 2.24) is 0 Å². The molecule has 0 aliphatic rings. The Kier molecular flexibility index (Phi) is 5.85.